The smallest absolute Gasteiger partial charge is 0.194 e. The number of halogens is 7. The molecule has 0 amide bonds. The predicted octanol–water partition coefficient (Wildman–Crippen LogP) is 8.32. The van der Waals surface area contributed by atoms with Crippen molar-refractivity contribution in [3.05, 3.63) is 53.6 Å². The van der Waals surface area contributed by atoms with E-state index in [1.807, 2.05) is 22.6 Å². The van der Waals surface area contributed by atoms with Crippen molar-refractivity contribution in [1.29, 1.82) is 0 Å². The summed E-state index contributed by atoms with van der Waals surface area (Å²) in [5, 5.41) is 0.274. The maximum atomic E-state index is 15.1. The monoisotopic (exact) mass is 558 g/mol. The third-order valence-corrected chi connectivity index (χ3v) is 8.75. The topological polar surface area (TPSA) is 0 Å². The van der Waals surface area contributed by atoms with Crippen molar-refractivity contribution in [2.45, 2.75) is 38.5 Å². The van der Waals surface area contributed by atoms with Gasteiger partial charge in [-0.1, -0.05) is 18.2 Å². The number of alkyl halides is 6. The standard InChI is InChI=1S/C20H13F6IS2/c1-8-13(9(2)29-17(8)27)15-16(19(23,24)20(25,26)18(15,21)22)14-10(3)28-12-7-5-4-6-11(12)14/h4-7H,1-3H3. The molecule has 2 heterocycles. The van der Waals surface area contributed by atoms with E-state index < -0.39 is 28.9 Å². The lowest BCUT2D eigenvalue weighted by atomic mass is 9.92. The Morgan fingerprint density at radius 3 is 1.83 bits per heavy atom. The van der Waals surface area contributed by atoms with Crippen LogP contribution < -0.4 is 0 Å². The first-order chi connectivity index (χ1) is 13.3. The quantitative estimate of drug-likeness (QED) is 0.219. The van der Waals surface area contributed by atoms with E-state index in [2.05, 4.69) is 0 Å². The van der Waals surface area contributed by atoms with E-state index in [0.717, 1.165) is 22.7 Å². The molecular formula is C20H13F6IS2. The Morgan fingerprint density at radius 1 is 0.759 bits per heavy atom. The van der Waals surface area contributed by atoms with Crippen LogP contribution in [0.15, 0.2) is 24.3 Å². The highest BCUT2D eigenvalue weighted by Crippen LogP contribution is 2.66. The Hall–Kier alpha value is -1.07. The molecule has 0 N–H and O–H groups in total. The molecule has 29 heavy (non-hydrogen) atoms. The van der Waals surface area contributed by atoms with Gasteiger partial charge in [-0.2, -0.15) is 26.3 Å². The fraction of sp³-hybridized carbons (Fsp3) is 0.300. The van der Waals surface area contributed by atoms with E-state index in [1.54, 1.807) is 18.2 Å². The second-order valence-corrected chi connectivity index (χ2v) is 11.2. The maximum absolute atomic E-state index is 15.1. The van der Waals surface area contributed by atoms with Gasteiger partial charge < -0.3 is 0 Å². The molecule has 0 aliphatic heterocycles. The van der Waals surface area contributed by atoms with Crippen LogP contribution in [0.1, 0.15) is 26.4 Å². The fourth-order valence-electron chi connectivity index (χ4n) is 3.86. The minimum atomic E-state index is -5.54. The summed E-state index contributed by atoms with van der Waals surface area (Å²) in [4.78, 5) is 0.608. The van der Waals surface area contributed by atoms with Crippen molar-refractivity contribution >= 4 is 66.5 Å². The minimum Gasteiger partial charge on any atom is -0.194 e. The minimum absolute atomic E-state index is 0.203. The summed E-state index contributed by atoms with van der Waals surface area (Å²) in [5.74, 6) is -15.6. The second-order valence-electron chi connectivity index (χ2n) is 6.93. The summed E-state index contributed by atoms with van der Waals surface area (Å²) >= 11 is 4.15. The molecule has 0 unspecified atom stereocenters. The molecule has 9 heteroatoms. The summed E-state index contributed by atoms with van der Waals surface area (Å²) < 4.78 is 90.5. The Kier molecular flexibility index (Phi) is 4.72. The zero-order valence-electron chi connectivity index (χ0n) is 15.3. The molecule has 0 saturated heterocycles. The van der Waals surface area contributed by atoms with Crippen molar-refractivity contribution in [2.24, 2.45) is 0 Å². The first kappa shape index (κ1) is 21.2. The van der Waals surface area contributed by atoms with Crippen LogP contribution in [0.25, 0.3) is 21.2 Å². The molecule has 2 aromatic heterocycles. The molecule has 3 aromatic rings. The normalized spacial score (nSPS) is 20.1. The van der Waals surface area contributed by atoms with Crippen molar-refractivity contribution in [3.8, 4) is 0 Å². The molecular weight excluding hydrogens is 545 g/mol. The van der Waals surface area contributed by atoms with Crippen molar-refractivity contribution < 1.29 is 26.3 Å². The van der Waals surface area contributed by atoms with E-state index in [4.69, 9.17) is 0 Å². The molecule has 4 rings (SSSR count). The summed E-state index contributed by atoms with van der Waals surface area (Å²) in [6, 6.07) is 6.42. The van der Waals surface area contributed by atoms with Crippen LogP contribution >= 0.6 is 45.3 Å². The van der Waals surface area contributed by atoms with Crippen LogP contribution in [0.5, 0.6) is 0 Å². The average molecular weight is 558 g/mol. The highest BCUT2D eigenvalue weighted by molar-refractivity contribution is 14.1. The van der Waals surface area contributed by atoms with E-state index >= 15 is 17.6 Å². The lowest BCUT2D eigenvalue weighted by Gasteiger charge is -2.26. The Bertz CT molecular complexity index is 1190. The largest absolute Gasteiger partial charge is 0.380 e. The molecule has 0 radical (unpaired) electrons. The number of rotatable bonds is 2. The number of thiophene rings is 2. The number of allylic oxidation sites excluding steroid dienone is 2. The van der Waals surface area contributed by atoms with Gasteiger partial charge >= 0.3 is 17.8 Å². The SMILES string of the molecule is Cc1sc(I)c(C)c1C1=C(c2c(C)sc3ccccc23)C(F)(F)C(F)(F)C1(F)F. The Labute approximate surface area is 184 Å². The summed E-state index contributed by atoms with van der Waals surface area (Å²) in [6.45, 7) is 4.48. The molecule has 1 aliphatic carbocycles. The van der Waals surface area contributed by atoms with Gasteiger partial charge in [0.15, 0.2) is 0 Å². The van der Waals surface area contributed by atoms with Gasteiger partial charge in [-0.05, 0) is 55.0 Å². The number of aryl methyl sites for hydroxylation is 2. The van der Waals surface area contributed by atoms with Crippen LogP contribution in [0.3, 0.4) is 0 Å². The molecule has 0 bridgehead atoms. The average Bonchev–Trinajstić information content (AvgIpc) is 3.10. The fourth-order valence-corrected chi connectivity index (χ4v) is 7.07. The molecule has 0 nitrogen and oxygen atoms in total. The van der Waals surface area contributed by atoms with E-state index in [9.17, 15) is 8.78 Å². The third-order valence-electron chi connectivity index (χ3n) is 5.20. The zero-order chi connectivity index (χ0) is 21.5. The van der Waals surface area contributed by atoms with Crippen molar-refractivity contribution in [2.75, 3.05) is 0 Å². The highest BCUT2D eigenvalue weighted by atomic mass is 127. The van der Waals surface area contributed by atoms with E-state index in [0.29, 0.717) is 22.9 Å². The lowest BCUT2D eigenvalue weighted by Crippen LogP contribution is -2.49. The van der Waals surface area contributed by atoms with Crippen LogP contribution in [0.4, 0.5) is 26.3 Å². The lowest BCUT2D eigenvalue weighted by molar-refractivity contribution is -0.254. The maximum Gasteiger partial charge on any atom is 0.380 e. The first-order valence-corrected chi connectivity index (χ1v) is 11.2. The van der Waals surface area contributed by atoms with Crippen LogP contribution in [-0.2, 0) is 0 Å². The van der Waals surface area contributed by atoms with Gasteiger partial charge in [-0.15, -0.1) is 22.7 Å². The second kappa shape index (κ2) is 6.46. The van der Waals surface area contributed by atoms with Gasteiger partial charge in [0.1, 0.15) is 0 Å². The van der Waals surface area contributed by atoms with E-state index in [1.165, 1.54) is 26.8 Å². The first-order valence-electron chi connectivity index (χ1n) is 8.47. The molecule has 1 aromatic carbocycles. The molecule has 0 atom stereocenters. The predicted molar refractivity (Wildman–Crippen MR) is 115 cm³/mol. The van der Waals surface area contributed by atoms with Crippen molar-refractivity contribution in [3.63, 3.8) is 0 Å². The highest BCUT2D eigenvalue weighted by Gasteiger charge is 2.80. The van der Waals surface area contributed by atoms with E-state index in [-0.39, 0.29) is 16.5 Å². The Morgan fingerprint density at radius 2 is 1.28 bits per heavy atom. The number of hydrogen-bond donors (Lipinski definition) is 0. The third kappa shape index (κ3) is 2.62. The summed E-state index contributed by atoms with van der Waals surface area (Å²) in [5.41, 5.74) is -2.63. The van der Waals surface area contributed by atoms with Gasteiger partial charge in [0, 0.05) is 42.1 Å². The number of fused-ring (bicyclic) bond motifs is 1. The zero-order valence-corrected chi connectivity index (χ0v) is 19.1. The molecule has 1 aliphatic rings. The van der Waals surface area contributed by atoms with Crippen LogP contribution in [-0.4, -0.2) is 17.8 Å². The summed E-state index contributed by atoms with van der Waals surface area (Å²) in [6.07, 6.45) is 0. The van der Waals surface area contributed by atoms with Gasteiger partial charge in [0.05, 0.1) is 2.88 Å². The molecule has 0 fully saturated rings. The molecule has 154 valence electrons. The van der Waals surface area contributed by atoms with Gasteiger partial charge in [-0.3, -0.25) is 0 Å². The summed E-state index contributed by atoms with van der Waals surface area (Å²) in [7, 11) is 0. The molecule has 0 saturated carbocycles. The molecule has 0 spiro atoms. The van der Waals surface area contributed by atoms with Gasteiger partial charge in [0.2, 0.25) is 0 Å². The van der Waals surface area contributed by atoms with Crippen molar-refractivity contribution in [1.82, 2.24) is 0 Å². The number of hydrogen-bond acceptors (Lipinski definition) is 2. The number of benzene rings is 1. The van der Waals surface area contributed by atoms with Crippen LogP contribution in [0.2, 0.25) is 0 Å². The van der Waals surface area contributed by atoms with Gasteiger partial charge in [0.25, 0.3) is 0 Å². The van der Waals surface area contributed by atoms with Gasteiger partial charge in [-0.25, -0.2) is 0 Å². The Balaban J connectivity index is 2.23. The van der Waals surface area contributed by atoms with Crippen LogP contribution in [0, 0.1) is 23.7 Å².